The molecular formula is C14H25NO2. The summed E-state index contributed by atoms with van der Waals surface area (Å²) >= 11 is 0. The molecule has 1 aliphatic heterocycles. The van der Waals surface area contributed by atoms with E-state index in [0.29, 0.717) is 17.9 Å². The molecule has 1 amide bonds. The topological polar surface area (TPSA) is 29.5 Å². The second-order valence-corrected chi connectivity index (χ2v) is 6.63. The second kappa shape index (κ2) is 4.51. The van der Waals surface area contributed by atoms with Crippen LogP contribution in [-0.2, 0) is 4.74 Å². The summed E-state index contributed by atoms with van der Waals surface area (Å²) in [6.07, 6.45) is 4.92. The molecule has 0 bridgehead atoms. The van der Waals surface area contributed by atoms with Gasteiger partial charge in [-0.2, -0.15) is 0 Å². The largest absolute Gasteiger partial charge is 0.444 e. The molecule has 0 N–H and O–H groups in total. The van der Waals surface area contributed by atoms with Crippen molar-refractivity contribution in [3.63, 3.8) is 0 Å². The van der Waals surface area contributed by atoms with Crippen LogP contribution >= 0.6 is 0 Å². The standard InChI is InChI=1S/C14H25NO2/c1-10-9-15(13(16)17-14(2,3)4)12-8-6-5-7-11(10)12/h10-12H,5-9H2,1-4H3. The zero-order valence-corrected chi connectivity index (χ0v) is 11.5. The molecule has 1 saturated carbocycles. The number of carbonyl (C=O) groups is 1. The molecular weight excluding hydrogens is 214 g/mol. The molecule has 2 rings (SSSR count). The first-order valence-corrected chi connectivity index (χ1v) is 6.88. The maximum atomic E-state index is 12.2. The minimum Gasteiger partial charge on any atom is -0.444 e. The Hall–Kier alpha value is -0.730. The van der Waals surface area contributed by atoms with Crippen molar-refractivity contribution < 1.29 is 9.53 Å². The molecule has 3 heteroatoms. The summed E-state index contributed by atoms with van der Waals surface area (Å²) in [5.41, 5.74) is -0.382. The molecule has 1 aliphatic carbocycles. The molecule has 1 heterocycles. The van der Waals surface area contributed by atoms with E-state index < -0.39 is 0 Å². The van der Waals surface area contributed by atoms with Crippen LogP contribution in [0, 0.1) is 11.8 Å². The third kappa shape index (κ3) is 2.75. The van der Waals surface area contributed by atoms with Crippen LogP contribution in [0.2, 0.25) is 0 Å². The number of hydrogen-bond donors (Lipinski definition) is 0. The molecule has 1 saturated heterocycles. The van der Waals surface area contributed by atoms with Crippen molar-refractivity contribution in [2.45, 2.75) is 65.0 Å². The lowest BCUT2D eigenvalue weighted by Gasteiger charge is -2.33. The van der Waals surface area contributed by atoms with Gasteiger partial charge in [-0.3, -0.25) is 0 Å². The average molecular weight is 239 g/mol. The van der Waals surface area contributed by atoms with E-state index in [2.05, 4.69) is 6.92 Å². The van der Waals surface area contributed by atoms with E-state index in [1.165, 1.54) is 19.3 Å². The van der Waals surface area contributed by atoms with Crippen LogP contribution in [0.3, 0.4) is 0 Å². The van der Waals surface area contributed by atoms with Crippen LogP contribution in [-0.4, -0.2) is 29.2 Å². The van der Waals surface area contributed by atoms with E-state index in [0.717, 1.165) is 13.0 Å². The van der Waals surface area contributed by atoms with Crippen molar-refractivity contribution in [3.05, 3.63) is 0 Å². The molecule has 98 valence electrons. The van der Waals surface area contributed by atoms with Gasteiger partial charge in [0, 0.05) is 12.6 Å². The van der Waals surface area contributed by atoms with Gasteiger partial charge in [0.15, 0.2) is 0 Å². The van der Waals surface area contributed by atoms with Crippen molar-refractivity contribution in [1.29, 1.82) is 0 Å². The van der Waals surface area contributed by atoms with Gasteiger partial charge in [0.05, 0.1) is 0 Å². The highest BCUT2D eigenvalue weighted by Gasteiger charge is 2.43. The lowest BCUT2D eigenvalue weighted by Crippen LogP contribution is -2.42. The monoisotopic (exact) mass is 239 g/mol. The fourth-order valence-electron chi connectivity index (χ4n) is 3.30. The first-order valence-electron chi connectivity index (χ1n) is 6.88. The highest BCUT2D eigenvalue weighted by atomic mass is 16.6. The number of ether oxygens (including phenoxy) is 1. The molecule has 17 heavy (non-hydrogen) atoms. The highest BCUT2D eigenvalue weighted by Crippen LogP contribution is 2.40. The Bertz CT molecular complexity index is 295. The Morgan fingerprint density at radius 3 is 2.53 bits per heavy atom. The second-order valence-electron chi connectivity index (χ2n) is 6.63. The van der Waals surface area contributed by atoms with Gasteiger partial charge in [0.25, 0.3) is 0 Å². The maximum absolute atomic E-state index is 12.2. The van der Waals surface area contributed by atoms with Gasteiger partial charge in [-0.1, -0.05) is 19.8 Å². The first kappa shape index (κ1) is 12.7. The van der Waals surface area contributed by atoms with Crippen LogP contribution in [0.1, 0.15) is 53.4 Å². The summed E-state index contributed by atoms with van der Waals surface area (Å²) in [6, 6.07) is 0.439. The van der Waals surface area contributed by atoms with Crippen LogP contribution in [0.25, 0.3) is 0 Å². The fourth-order valence-corrected chi connectivity index (χ4v) is 3.30. The average Bonchev–Trinajstić information content (AvgIpc) is 2.55. The molecule has 3 nitrogen and oxygen atoms in total. The van der Waals surface area contributed by atoms with Gasteiger partial charge in [-0.05, 0) is 45.4 Å². The van der Waals surface area contributed by atoms with Gasteiger partial charge < -0.3 is 9.64 Å². The van der Waals surface area contributed by atoms with Crippen molar-refractivity contribution in [2.24, 2.45) is 11.8 Å². The zero-order valence-electron chi connectivity index (χ0n) is 11.5. The molecule has 3 unspecified atom stereocenters. The lowest BCUT2D eigenvalue weighted by molar-refractivity contribution is 0.0182. The number of fused-ring (bicyclic) bond motifs is 1. The predicted molar refractivity (Wildman–Crippen MR) is 67.9 cm³/mol. The Morgan fingerprint density at radius 2 is 1.88 bits per heavy atom. The smallest absolute Gasteiger partial charge is 0.410 e. The van der Waals surface area contributed by atoms with Crippen LogP contribution in [0.15, 0.2) is 0 Å². The minimum absolute atomic E-state index is 0.112. The summed E-state index contributed by atoms with van der Waals surface area (Å²) in [4.78, 5) is 14.2. The van der Waals surface area contributed by atoms with Gasteiger partial charge >= 0.3 is 6.09 Å². The first-order chi connectivity index (χ1) is 7.88. The van der Waals surface area contributed by atoms with Gasteiger partial charge in [0.1, 0.15) is 5.60 Å². The predicted octanol–water partition coefficient (Wildman–Crippen LogP) is 3.43. The van der Waals surface area contributed by atoms with E-state index in [1.807, 2.05) is 25.7 Å². The van der Waals surface area contributed by atoms with E-state index in [1.54, 1.807) is 0 Å². The van der Waals surface area contributed by atoms with Crippen LogP contribution in [0.5, 0.6) is 0 Å². The molecule has 0 radical (unpaired) electrons. The zero-order chi connectivity index (χ0) is 12.6. The van der Waals surface area contributed by atoms with Crippen LogP contribution in [0.4, 0.5) is 4.79 Å². The number of amides is 1. The molecule has 2 aliphatic rings. The van der Waals surface area contributed by atoms with Crippen LogP contribution < -0.4 is 0 Å². The summed E-state index contributed by atoms with van der Waals surface area (Å²) in [6.45, 7) is 8.95. The molecule has 3 atom stereocenters. The Kier molecular flexibility index (Phi) is 3.37. The van der Waals surface area contributed by atoms with Gasteiger partial charge in [-0.25, -0.2) is 4.79 Å². The van der Waals surface area contributed by atoms with Crippen molar-refractivity contribution >= 4 is 6.09 Å². The van der Waals surface area contributed by atoms with Crippen molar-refractivity contribution in [3.8, 4) is 0 Å². The number of likely N-dealkylation sites (tertiary alicyclic amines) is 1. The van der Waals surface area contributed by atoms with Gasteiger partial charge in [-0.15, -0.1) is 0 Å². The van der Waals surface area contributed by atoms with Gasteiger partial charge in [0.2, 0.25) is 0 Å². The molecule has 0 aromatic carbocycles. The summed E-state index contributed by atoms with van der Waals surface area (Å²) < 4.78 is 5.51. The number of carbonyl (C=O) groups excluding carboxylic acids is 1. The quantitative estimate of drug-likeness (QED) is 0.648. The molecule has 0 aromatic rings. The third-order valence-electron chi connectivity index (χ3n) is 4.03. The van der Waals surface area contributed by atoms with E-state index in [-0.39, 0.29) is 11.7 Å². The maximum Gasteiger partial charge on any atom is 0.410 e. The minimum atomic E-state index is -0.382. The van der Waals surface area contributed by atoms with Crippen molar-refractivity contribution in [2.75, 3.05) is 6.54 Å². The lowest BCUT2D eigenvalue weighted by atomic mass is 9.80. The Balaban J connectivity index is 2.04. The fraction of sp³-hybridized carbons (Fsp3) is 0.929. The molecule has 2 fully saturated rings. The highest BCUT2D eigenvalue weighted by molar-refractivity contribution is 5.69. The number of rotatable bonds is 0. The summed E-state index contributed by atoms with van der Waals surface area (Å²) in [5.74, 6) is 1.34. The van der Waals surface area contributed by atoms with E-state index in [4.69, 9.17) is 4.74 Å². The number of nitrogens with zero attached hydrogens (tertiary/aromatic N) is 1. The van der Waals surface area contributed by atoms with Crippen molar-refractivity contribution in [1.82, 2.24) is 4.90 Å². The third-order valence-corrected chi connectivity index (χ3v) is 4.03. The molecule has 0 aromatic heterocycles. The van der Waals surface area contributed by atoms with E-state index >= 15 is 0 Å². The molecule has 0 spiro atoms. The number of hydrogen-bond acceptors (Lipinski definition) is 2. The normalized spacial score (nSPS) is 33.4. The summed E-state index contributed by atoms with van der Waals surface area (Å²) in [5, 5.41) is 0. The Labute approximate surface area is 105 Å². The SMILES string of the molecule is CC1CN(C(=O)OC(C)(C)C)C2CCCCC12. The van der Waals surface area contributed by atoms with E-state index in [9.17, 15) is 4.79 Å². The Morgan fingerprint density at radius 1 is 1.24 bits per heavy atom. The summed E-state index contributed by atoms with van der Waals surface area (Å²) in [7, 11) is 0.